The van der Waals surface area contributed by atoms with Gasteiger partial charge < -0.3 is 4.74 Å². The van der Waals surface area contributed by atoms with Crippen LogP contribution >= 0.6 is 22.6 Å². The summed E-state index contributed by atoms with van der Waals surface area (Å²) in [4.78, 5) is 0. The van der Waals surface area contributed by atoms with Gasteiger partial charge in [0.05, 0.1) is 10.7 Å². The number of benzene rings is 1. The van der Waals surface area contributed by atoms with Gasteiger partial charge in [-0.05, 0) is 59.0 Å². The van der Waals surface area contributed by atoms with E-state index in [1.165, 1.54) is 33.1 Å². The van der Waals surface area contributed by atoms with Crippen molar-refractivity contribution in [2.75, 3.05) is 7.11 Å². The molecule has 64 valence electrons. The van der Waals surface area contributed by atoms with Crippen molar-refractivity contribution in [3.63, 3.8) is 0 Å². The Kier molecular flexibility index (Phi) is 2.02. The minimum absolute atomic E-state index is 1.11. The van der Waals surface area contributed by atoms with Gasteiger partial charge in [0, 0.05) is 0 Å². The first-order valence-electron chi connectivity index (χ1n) is 4.09. The highest BCUT2D eigenvalue weighted by atomic mass is 127. The highest BCUT2D eigenvalue weighted by molar-refractivity contribution is 14.1. The van der Waals surface area contributed by atoms with Crippen LogP contribution in [-0.2, 0) is 12.8 Å². The van der Waals surface area contributed by atoms with Crippen LogP contribution in [0.5, 0.6) is 5.75 Å². The van der Waals surface area contributed by atoms with E-state index >= 15 is 0 Å². The molecule has 1 aliphatic carbocycles. The summed E-state index contributed by atoms with van der Waals surface area (Å²) in [5.74, 6) is 1.11. The number of rotatable bonds is 1. The molecule has 0 heterocycles. The summed E-state index contributed by atoms with van der Waals surface area (Å²) >= 11 is 2.36. The molecule has 0 spiro atoms. The summed E-state index contributed by atoms with van der Waals surface area (Å²) in [6, 6.07) is 2.28. The molecule has 1 aromatic rings. The van der Waals surface area contributed by atoms with Gasteiger partial charge in [0.15, 0.2) is 0 Å². The maximum absolute atomic E-state index is 5.38. The number of aryl methyl sites for hydroxylation is 2. The second-order valence-corrected chi connectivity index (χ2v) is 4.26. The van der Waals surface area contributed by atoms with Crippen LogP contribution in [0, 0.1) is 10.5 Å². The van der Waals surface area contributed by atoms with Crippen LogP contribution in [0.15, 0.2) is 6.07 Å². The van der Waals surface area contributed by atoms with Gasteiger partial charge in [0.25, 0.3) is 0 Å². The van der Waals surface area contributed by atoms with E-state index in [-0.39, 0.29) is 0 Å². The van der Waals surface area contributed by atoms with E-state index in [0.717, 1.165) is 5.75 Å². The highest BCUT2D eigenvalue weighted by Crippen LogP contribution is 2.37. The van der Waals surface area contributed by atoms with Crippen molar-refractivity contribution in [2.45, 2.75) is 19.8 Å². The average molecular weight is 274 g/mol. The van der Waals surface area contributed by atoms with E-state index in [1.807, 2.05) is 0 Å². The first-order valence-corrected chi connectivity index (χ1v) is 5.16. The van der Waals surface area contributed by atoms with Gasteiger partial charge in [-0.2, -0.15) is 0 Å². The first kappa shape index (κ1) is 8.35. The van der Waals surface area contributed by atoms with E-state index in [2.05, 4.69) is 35.6 Å². The zero-order valence-corrected chi connectivity index (χ0v) is 9.44. The lowest BCUT2D eigenvalue weighted by Gasteiger charge is -2.23. The quantitative estimate of drug-likeness (QED) is 0.715. The van der Waals surface area contributed by atoms with Crippen LogP contribution in [0.4, 0.5) is 0 Å². The lowest BCUT2D eigenvalue weighted by atomic mass is 9.86. The van der Waals surface area contributed by atoms with Crippen molar-refractivity contribution in [1.29, 1.82) is 0 Å². The zero-order valence-electron chi connectivity index (χ0n) is 7.28. The third-order valence-corrected chi connectivity index (χ3v) is 3.79. The second-order valence-electron chi connectivity index (χ2n) is 3.18. The Morgan fingerprint density at radius 2 is 2.17 bits per heavy atom. The fourth-order valence-corrected chi connectivity index (χ4v) is 2.36. The van der Waals surface area contributed by atoms with Gasteiger partial charge in [-0.3, -0.25) is 0 Å². The first-order chi connectivity index (χ1) is 5.74. The van der Waals surface area contributed by atoms with Crippen molar-refractivity contribution in [3.8, 4) is 5.75 Å². The maximum Gasteiger partial charge on any atom is 0.135 e. The molecule has 0 bridgehead atoms. The van der Waals surface area contributed by atoms with Crippen LogP contribution in [0.1, 0.15) is 16.7 Å². The molecule has 1 aromatic carbocycles. The molecule has 2 rings (SSSR count). The average Bonchev–Trinajstić information content (AvgIpc) is 2.04. The van der Waals surface area contributed by atoms with Crippen molar-refractivity contribution in [2.24, 2.45) is 0 Å². The molecule has 0 fully saturated rings. The minimum atomic E-state index is 1.11. The summed E-state index contributed by atoms with van der Waals surface area (Å²) < 4.78 is 6.65. The molecular weight excluding hydrogens is 263 g/mol. The molecular formula is C10H11IO. The smallest absolute Gasteiger partial charge is 0.135 e. The lowest BCUT2D eigenvalue weighted by Crippen LogP contribution is -2.12. The monoisotopic (exact) mass is 274 g/mol. The van der Waals surface area contributed by atoms with Gasteiger partial charge in [-0.1, -0.05) is 6.07 Å². The molecule has 0 atom stereocenters. The molecule has 0 aliphatic heterocycles. The summed E-state index contributed by atoms with van der Waals surface area (Å²) in [7, 11) is 1.76. The number of ether oxygens (including phenoxy) is 1. The Morgan fingerprint density at radius 3 is 2.67 bits per heavy atom. The predicted molar refractivity (Wildman–Crippen MR) is 57.9 cm³/mol. The number of methoxy groups -OCH3 is 1. The van der Waals surface area contributed by atoms with Crippen molar-refractivity contribution >= 4 is 22.6 Å². The second kappa shape index (κ2) is 2.91. The molecule has 0 saturated heterocycles. The Hall–Kier alpha value is -0.250. The number of fused-ring (bicyclic) bond motifs is 1. The highest BCUT2D eigenvalue weighted by Gasteiger charge is 2.21. The normalized spacial score (nSPS) is 13.6. The van der Waals surface area contributed by atoms with Gasteiger partial charge in [0.2, 0.25) is 0 Å². The van der Waals surface area contributed by atoms with Crippen LogP contribution in [0.2, 0.25) is 0 Å². The topological polar surface area (TPSA) is 9.23 Å². The Bertz CT molecular complexity index is 317. The third-order valence-electron chi connectivity index (χ3n) is 2.45. The molecule has 0 amide bonds. The van der Waals surface area contributed by atoms with Gasteiger partial charge >= 0.3 is 0 Å². The SMILES string of the molecule is COc1c(I)c(C)cc2c1CC2. The van der Waals surface area contributed by atoms with Gasteiger partial charge in [-0.25, -0.2) is 0 Å². The van der Waals surface area contributed by atoms with Gasteiger partial charge in [0.1, 0.15) is 5.75 Å². The third kappa shape index (κ3) is 1.04. The molecule has 2 heteroatoms. The molecule has 0 aromatic heterocycles. The van der Waals surface area contributed by atoms with Crippen LogP contribution in [0.3, 0.4) is 0 Å². The number of hydrogen-bond donors (Lipinski definition) is 0. The van der Waals surface area contributed by atoms with Crippen LogP contribution in [0.25, 0.3) is 0 Å². The van der Waals surface area contributed by atoms with E-state index in [1.54, 1.807) is 7.11 Å². The fourth-order valence-electron chi connectivity index (χ4n) is 1.66. The summed E-state index contributed by atoms with van der Waals surface area (Å²) in [6.45, 7) is 2.14. The molecule has 1 nitrogen and oxygen atoms in total. The van der Waals surface area contributed by atoms with Crippen LogP contribution in [-0.4, -0.2) is 7.11 Å². The summed E-state index contributed by atoms with van der Waals surface area (Å²) in [5, 5.41) is 0. The molecule has 1 aliphatic rings. The lowest BCUT2D eigenvalue weighted by molar-refractivity contribution is 0.402. The zero-order chi connectivity index (χ0) is 8.72. The molecule has 0 N–H and O–H groups in total. The maximum atomic E-state index is 5.38. The van der Waals surface area contributed by atoms with Crippen molar-refractivity contribution < 1.29 is 4.74 Å². The van der Waals surface area contributed by atoms with E-state index in [9.17, 15) is 0 Å². The summed E-state index contributed by atoms with van der Waals surface area (Å²) in [5.41, 5.74) is 4.24. The van der Waals surface area contributed by atoms with E-state index in [0.29, 0.717) is 0 Å². The molecule has 12 heavy (non-hydrogen) atoms. The molecule has 0 radical (unpaired) electrons. The van der Waals surface area contributed by atoms with Crippen molar-refractivity contribution in [3.05, 3.63) is 26.3 Å². The van der Waals surface area contributed by atoms with E-state index in [4.69, 9.17) is 4.74 Å². The van der Waals surface area contributed by atoms with Crippen LogP contribution < -0.4 is 4.74 Å². The predicted octanol–water partition coefficient (Wildman–Crippen LogP) is 2.71. The number of halogens is 1. The van der Waals surface area contributed by atoms with Gasteiger partial charge in [-0.15, -0.1) is 0 Å². The van der Waals surface area contributed by atoms with Crippen molar-refractivity contribution in [1.82, 2.24) is 0 Å². The standard InChI is InChI=1S/C10H11IO/c1-6-5-7-3-4-8(7)10(12-2)9(6)11/h5H,3-4H2,1-2H3. The Balaban J connectivity index is 2.64. The molecule has 0 unspecified atom stereocenters. The minimum Gasteiger partial charge on any atom is -0.495 e. The molecule has 0 saturated carbocycles. The van der Waals surface area contributed by atoms with E-state index < -0.39 is 0 Å². The Morgan fingerprint density at radius 1 is 1.42 bits per heavy atom. The summed E-state index contributed by atoms with van der Waals surface area (Å²) in [6.07, 6.45) is 2.41. The largest absolute Gasteiger partial charge is 0.495 e. The fraction of sp³-hybridized carbons (Fsp3) is 0.400. The number of hydrogen-bond acceptors (Lipinski definition) is 1. The Labute approximate surface area is 86.3 Å².